The van der Waals surface area contributed by atoms with Gasteiger partial charge in [0.2, 0.25) is 0 Å². The van der Waals surface area contributed by atoms with Crippen LogP contribution in [0.5, 0.6) is 0 Å². The first-order chi connectivity index (χ1) is 12.5. The summed E-state index contributed by atoms with van der Waals surface area (Å²) in [5.74, 6) is -0.464. The number of rotatable bonds is 6. The Morgan fingerprint density at radius 2 is 2.00 bits per heavy atom. The summed E-state index contributed by atoms with van der Waals surface area (Å²) in [6.07, 6.45) is 1.26. The van der Waals surface area contributed by atoms with Crippen LogP contribution in [-0.4, -0.2) is 20.7 Å². The number of nitrogens with one attached hydrogen (secondary N) is 1. The zero-order chi connectivity index (χ0) is 18.5. The molecule has 0 fully saturated rings. The fourth-order valence-electron chi connectivity index (χ4n) is 2.19. The van der Waals surface area contributed by atoms with Crippen molar-refractivity contribution in [2.24, 2.45) is 0 Å². The van der Waals surface area contributed by atoms with Crippen molar-refractivity contribution in [1.29, 1.82) is 0 Å². The molecule has 1 N–H and O–H groups in total. The Kier molecular flexibility index (Phi) is 5.07. The van der Waals surface area contributed by atoms with Crippen molar-refractivity contribution in [2.45, 2.75) is 19.6 Å². The molecule has 0 bridgehead atoms. The number of hydrogen-bond donors (Lipinski definition) is 1. The molecule has 0 amide bonds. The van der Waals surface area contributed by atoms with Crippen molar-refractivity contribution in [3.63, 3.8) is 0 Å². The first-order valence-corrected chi connectivity index (χ1v) is 7.68. The van der Waals surface area contributed by atoms with Crippen LogP contribution in [0.2, 0.25) is 0 Å². The second-order valence-corrected chi connectivity index (χ2v) is 5.40. The van der Waals surface area contributed by atoms with Gasteiger partial charge in [-0.1, -0.05) is 5.16 Å². The van der Waals surface area contributed by atoms with Gasteiger partial charge in [0.1, 0.15) is 18.1 Å². The molecule has 1 aromatic carbocycles. The zero-order valence-corrected chi connectivity index (χ0v) is 13.5. The Hall–Kier alpha value is -3.49. The summed E-state index contributed by atoms with van der Waals surface area (Å²) in [5, 5.41) is 3.79. The van der Waals surface area contributed by atoms with Crippen molar-refractivity contribution in [3.8, 4) is 11.3 Å². The average Bonchev–Trinajstić information content (AvgIpc) is 3.09. The highest BCUT2D eigenvalue weighted by Crippen LogP contribution is 2.20. The number of aromatic amines is 1. The van der Waals surface area contributed by atoms with Crippen molar-refractivity contribution in [2.75, 3.05) is 0 Å². The number of hydrogen-bond acceptors (Lipinski definition) is 6. The molecule has 0 aliphatic rings. The summed E-state index contributed by atoms with van der Waals surface area (Å²) in [6.45, 7) is -0.0157. The fourth-order valence-corrected chi connectivity index (χ4v) is 2.19. The van der Waals surface area contributed by atoms with Gasteiger partial charge in [0.15, 0.2) is 5.76 Å². The first-order valence-electron chi connectivity index (χ1n) is 7.68. The van der Waals surface area contributed by atoms with E-state index in [2.05, 4.69) is 10.1 Å². The van der Waals surface area contributed by atoms with E-state index in [-0.39, 0.29) is 25.4 Å². The van der Waals surface area contributed by atoms with Gasteiger partial charge in [-0.3, -0.25) is 14.6 Å². The molecule has 0 radical (unpaired) electrons. The fraction of sp³-hybridized carbons (Fsp3) is 0.176. The van der Waals surface area contributed by atoms with E-state index < -0.39 is 17.2 Å². The van der Waals surface area contributed by atoms with Crippen LogP contribution in [0.4, 0.5) is 4.39 Å². The van der Waals surface area contributed by atoms with Crippen molar-refractivity contribution < 1.29 is 18.4 Å². The molecule has 0 unspecified atom stereocenters. The van der Waals surface area contributed by atoms with Crippen LogP contribution in [0, 0.1) is 5.82 Å². The minimum absolute atomic E-state index is 0.0470. The molecule has 2 heterocycles. The number of aromatic nitrogens is 3. The van der Waals surface area contributed by atoms with Crippen LogP contribution in [0.25, 0.3) is 11.3 Å². The summed E-state index contributed by atoms with van der Waals surface area (Å²) in [7, 11) is 0. The molecular formula is C17H14FN3O5. The lowest BCUT2D eigenvalue weighted by atomic mass is 10.1. The Morgan fingerprint density at radius 1 is 1.23 bits per heavy atom. The summed E-state index contributed by atoms with van der Waals surface area (Å²) < 4.78 is 24.3. The van der Waals surface area contributed by atoms with Crippen LogP contribution in [0.1, 0.15) is 12.1 Å². The van der Waals surface area contributed by atoms with Crippen LogP contribution >= 0.6 is 0 Å². The van der Waals surface area contributed by atoms with Gasteiger partial charge in [-0.25, -0.2) is 9.18 Å². The van der Waals surface area contributed by atoms with E-state index in [0.717, 1.165) is 0 Å². The Labute approximate surface area is 145 Å². The molecule has 2 aromatic heterocycles. The van der Waals surface area contributed by atoms with Gasteiger partial charge >= 0.3 is 11.7 Å². The maximum atomic E-state index is 12.9. The molecule has 3 aromatic rings. The van der Waals surface area contributed by atoms with Crippen molar-refractivity contribution in [3.05, 3.63) is 74.9 Å². The zero-order valence-electron chi connectivity index (χ0n) is 13.5. The number of carbonyl (C=O) groups excluding carboxylic acids is 1. The second-order valence-electron chi connectivity index (χ2n) is 5.40. The minimum atomic E-state index is -0.592. The average molecular weight is 359 g/mol. The number of H-pyrrole nitrogens is 1. The normalized spacial score (nSPS) is 10.7. The standard InChI is InChI=1S/C17H14FN3O5/c18-12-3-1-11(2-4-12)14-9-13(20-26-14)10-25-16(23)6-8-21-7-5-15(22)19-17(21)24/h1-5,7,9H,6,8,10H2,(H,19,22,24). The molecular weight excluding hydrogens is 345 g/mol. The molecule has 9 heteroatoms. The van der Waals surface area contributed by atoms with Gasteiger partial charge in [0.05, 0.1) is 6.42 Å². The predicted octanol–water partition coefficient (Wildman–Crippen LogP) is 1.46. The predicted molar refractivity (Wildman–Crippen MR) is 87.6 cm³/mol. The Bertz CT molecular complexity index is 1020. The highest BCUT2D eigenvalue weighted by Gasteiger charge is 2.10. The quantitative estimate of drug-likeness (QED) is 0.668. The van der Waals surface area contributed by atoms with Crippen molar-refractivity contribution >= 4 is 5.97 Å². The lowest BCUT2D eigenvalue weighted by molar-refractivity contribution is -0.145. The SMILES string of the molecule is O=C(CCn1ccc(=O)[nH]c1=O)OCc1cc(-c2ccc(F)cc2)on1. The maximum absolute atomic E-state index is 12.9. The number of carbonyl (C=O) groups is 1. The molecule has 134 valence electrons. The van der Waals surface area contributed by atoms with Crippen LogP contribution in [0.15, 0.2) is 56.7 Å². The molecule has 26 heavy (non-hydrogen) atoms. The van der Waals surface area contributed by atoms with E-state index in [1.54, 1.807) is 18.2 Å². The lowest BCUT2D eigenvalue weighted by Gasteiger charge is -2.04. The van der Waals surface area contributed by atoms with E-state index in [1.807, 2.05) is 0 Å². The maximum Gasteiger partial charge on any atom is 0.328 e. The van der Waals surface area contributed by atoms with Crippen LogP contribution in [-0.2, 0) is 22.7 Å². The Morgan fingerprint density at radius 3 is 2.73 bits per heavy atom. The van der Waals surface area contributed by atoms with E-state index in [1.165, 1.54) is 29.0 Å². The molecule has 0 saturated heterocycles. The minimum Gasteiger partial charge on any atom is -0.459 e. The Balaban J connectivity index is 1.52. The van der Waals surface area contributed by atoms with E-state index in [0.29, 0.717) is 17.0 Å². The topological polar surface area (TPSA) is 107 Å². The third kappa shape index (κ3) is 4.32. The third-order valence-electron chi connectivity index (χ3n) is 3.52. The number of esters is 1. The van der Waals surface area contributed by atoms with Gasteiger partial charge in [0, 0.05) is 30.4 Å². The van der Waals surface area contributed by atoms with Gasteiger partial charge < -0.3 is 13.8 Å². The summed E-state index contributed by atoms with van der Waals surface area (Å²) in [4.78, 5) is 36.3. The largest absolute Gasteiger partial charge is 0.459 e. The van der Waals surface area contributed by atoms with E-state index in [9.17, 15) is 18.8 Å². The molecule has 0 atom stereocenters. The van der Waals surface area contributed by atoms with Crippen LogP contribution < -0.4 is 11.2 Å². The molecule has 8 nitrogen and oxygen atoms in total. The number of aryl methyl sites for hydroxylation is 1. The molecule has 0 aliphatic heterocycles. The molecule has 0 spiro atoms. The number of benzene rings is 1. The van der Waals surface area contributed by atoms with Gasteiger partial charge in [0.25, 0.3) is 5.56 Å². The second kappa shape index (κ2) is 7.60. The highest BCUT2D eigenvalue weighted by atomic mass is 19.1. The summed E-state index contributed by atoms with van der Waals surface area (Å²) in [5.41, 5.74) is -0.0460. The highest BCUT2D eigenvalue weighted by molar-refractivity contribution is 5.69. The summed E-state index contributed by atoms with van der Waals surface area (Å²) >= 11 is 0. The number of halogens is 1. The first kappa shape index (κ1) is 17.3. The number of ether oxygens (including phenoxy) is 1. The molecule has 0 saturated carbocycles. The van der Waals surface area contributed by atoms with Crippen molar-refractivity contribution in [1.82, 2.24) is 14.7 Å². The monoisotopic (exact) mass is 359 g/mol. The summed E-state index contributed by atoms with van der Waals surface area (Å²) in [6, 6.07) is 8.49. The third-order valence-corrected chi connectivity index (χ3v) is 3.52. The molecule has 3 rings (SSSR count). The smallest absolute Gasteiger partial charge is 0.328 e. The van der Waals surface area contributed by atoms with E-state index >= 15 is 0 Å². The number of nitrogens with zero attached hydrogens (tertiary/aromatic N) is 2. The van der Waals surface area contributed by atoms with Crippen LogP contribution in [0.3, 0.4) is 0 Å². The van der Waals surface area contributed by atoms with E-state index in [4.69, 9.17) is 9.26 Å². The van der Waals surface area contributed by atoms with Gasteiger partial charge in [-0.2, -0.15) is 0 Å². The lowest BCUT2D eigenvalue weighted by Crippen LogP contribution is -2.29. The molecule has 0 aliphatic carbocycles. The van der Waals surface area contributed by atoms with Gasteiger partial charge in [-0.15, -0.1) is 0 Å². The van der Waals surface area contributed by atoms with Gasteiger partial charge in [-0.05, 0) is 24.3 Å².